The molecule has 2 aromatic rings. The van der Waals surface area contributed by atoms with Gasteiger partial charge in [-0.1, -0.05) is 81.8 Å². The molecule has 176 valence electrons. The van der Waals surface area contributed by atoms with Crippen LogP contribution < -0.4 is 10.6 Å². The summed E-state index contributed by atoms with van der Waals surface area (Å²) in [6.07, 6.45) is 7.48. The summed E-state index contributed by atoms with van der Waals surface area (Å²) in [6.45, 7) is 2.50. The van der Waals surface area contributed by atoms with Crippen LogP contribution in [0.5, 0.6) is 0 Å². The van der Waals surface area contributed by atoms with Gasteiger partial charge in [-0.25, -0.2) is 0 Å². The molecule has 3 rings (SSSR count). The Balaban J connectivity index is 1.67. The minimum absolute atomic E-state index is 0.000574. The predicted octanol–water partition coefficient (Wildman–Crippen LogP) is 5.82. The highest BCUT2D eigenvalue weighted by Crippen LogP contribution is 2.54. The van der Waals surface area contributed by atoms with Crippen LogP contribution in [0.15, 0.2) is 60.7 Å². The fourth-order valence-corrected chi connectivity index (χ4v) is 6.72. The van der Waals surface area contributed by atoms with Crippen molar-refractivity contribution in [3.05, 3.63) is 60.7 Å². The molecule has 32 heavy (non-hydrogen) atoms. The summed E-state index contributed by atoms with van der Waals surface area (Å²) in [5.74, 6) is 0. The largest absolute Gasteiger partial charge is 0.361 e. The van der Waals surface area contributed by atoms with Gasteiger partial charge in [0, 0.05) is 5.41 Å². The van der Waals surface area contributed by atoms with Crippen molar-refractivity contribution in [2.24, 2.45) is 5.41 Å². The molecule has 1 unspecified atom stereocenters. The molecule has 0 spiro atoms. The van der Waals surface area contributed by atoms with Crippen molar-refractivity contribution >= 4 is 25.8 Å². The van der Waals surface area contributed by atoms with E-state index in [1.54, 1.807) is 54.6 Å². The molecule has 6 nitrogen and oxygen atoms in total. The molecule has 0 radical (unpaired) electrons. The third kappa shape index (κ3) is 6.87. The summed E-state index contributed by atoms with van der Waals surface area (Å²) in [5, 5.41) is 0.772. The molecule has 1 aliphatic heterocycles. The van der Waals surface area contributed by atoms with E-state index in [0.717, 1.165) is 19.3 Å². The van der Waals surface area contributed by atoms with Gasteiger partial charge in [-0.2, -0.15) is 0 Å². The minimum atomic E-state index is -3.98. The first-order chi connectivity index (χ1) is 15.4. The van der Waals surface area contributed by atoms with Crippen LogP contribution >= 0.6 is 15.2 Å². The zero-order chi connectivity index (χ0) is 22.9. The lowest BCUT2D eigenvalue weighted by Gasteiger charge is -2.39. The predicted molar refractivity (Wildman–Crippen MR) is 128 cm³/mol. The number of hydrogen-bond acceptors (Lipinski definition) is 5. The Morgan fingerprint density at radius 3 is 2.12 bits per heavy atom. The lowest BCUT2D eigenvalue weighted by atomic mass is 9.85. The summed E-state index contributed by atoms with van der Waals surface area (Å²) in [5.41, 5.74) is -0.624. The fraction of sp³-hybridized carbons (Fsp3) is 0.500. The van der Waals surface area contributed by atoms with Gasteiger partial charge in [0.05, 0.1) is 30.4 Å². The third-order valence-electron chi connectivity index (χ3n) is 5.84. The Bertz CT molecular complexity index is 907. The Morgan fingerprint density at radius 1 is 0.938 bits per heavy atom. The van der Waals surface area contributed by atoms with E-state index in [4.69, 9.17) is 13.6 Å². The zero-order valence-corrected chi connectivity index (χ0v) is 20.5. The summed E-state index contributed by atoms with van der Waals surface area (Å²) >= 11 is 0. The van der Waals surface area contributed by atoms with Crippen LogP contribution in [0.2, 0.25) is 0 Å². The average molecular weight is 480 g/mol. The van der Waals surface area contributed by atoms with Crippen molar-refractivity contribution in [3.8, 4) is 0 Å². The number of rotatable bonds is 12. The van der Waals surface area contributed by atoms with Crippen molar-refractivity contribution in [3.63, 3.8) is 0 Å². The first-order valence-corrected chi connectivity index (χ1v) is 14.5. The van der Waals surface area contributed by atoms with E-state index < -0.39 is 20.6 Å². The van der Waals surface area contributed by atoms with E-state index in [9.17, 15) is 14.0 Å². The summed E-state index contributed by atoms with van der Waals surface area (Å²) in [7, 11) is -7.39. The molecule has 1 fully saturated rings. The molecule has 1 saturated heterocycles. The second-order valence-electron chi connectivity index (χ2n) is 8.53. The van der Waals surface area contributed by atoms with Crippen molar-refractivity contribution in [1.82, 2.24) is 0 Å². The molecular weight excluding hydrogens is 446 g/mol. The monoisotopic (exact) mass is 480 g/mol. The lowest BCUT2D eigenvalue weighted by Crippen LogP contribution is -2.41. The number of benzene rings is 2. The first kappa shape index (κ1) is 25.4. The van der Waals surface area contributed by atoms with E-state index in [2.05, 4.69) is 6.92 Å². The van der Waals surface area contributed by atoms with Crippen LogP contribution in [0.4, 0.5) is 0 Å². The molecule has 1 N–H and O–H groups in total. The summed E-state index contributed by atoms with van der Waals surface area (Å²) in [4.78, 5) is 10.5. The Kier molecular flexibility index (Phi) is 9.31. The Morgan fingerprint density at radius 2 is 1.50 bits per heavy atom. The molecular formula is C24H34O6P2. The van der Waals surface area contributed by atoms with Gasteiger partial charge in [-0.3, -0.25) is 9.13 Å². The van der Waals surface area contributed by atoms with Crippen LogP contribution in [0.3, 0.4) is 0 Å². The normalized spacial score (nSPS) is 25.3. The van der Waals surface area contributed by atoms with Crippen molar-refractivity contribution < 1.29 is 27.6 Å². The molecule has 0 aromatic heterocycles. The fourth-order valence-electron chi connectivity index (χ4n) is 3.78. The van der Waals surface area contributed by atoms with Gasteiger partial charge in [-0.05, 0) is 30.7 Å². The molecule has 0 aliphatic carbocycles. The van der Waals surface area contributed by atoms with Gasteiger partial charge in [-0.15, -0.1) is 0 Å². The second-order valence-corrected chi connectivity index (χ2v) is 12.4. The van der Waals surface area contributed by atoms with Crippen molar-refractivity contribution in [2.75, 3.05) is 19.8 Å². The summed E-state index contributed by atoms with van der Waals surface area (Å²) < 4.78 is 43.2. The van der Waals surface area contributed by atoms with Crippen LogP contribution in [0.1, 0.15) is 51.9 Å². The molecule has 0 saturated carbocycles. The number of unbranched alkanes of at least 4 members (excludes halogenated alkanes) is 5. The average Bonchev–Trinajstić information content (AvgIpc) is 2.83. The molecule has 2 aromatic carbocycles. The van der Waals surface area contributed by atoms with Gasteiger partial charge in [0.25, 0.3) is 0 Å². The molecule has 8 heteroatoms. The van der Waals surface area contributed by atoms with E-state index >= 15 is 0 Å². The molecule has 1 heterocycles. The van der Waals surface area contributed by atoms with Gasteiger partial charge >= 0.3 is 15.2 Å². The SMILES string of the molecule is CCCCCCCCC1(COP(=O)(O)c2ccccc2)COP(=O)(c2ccccc2)OC1. The third-order valence-corrected chi connectivity index (χ3v) is 9.14. The van der Waals surface area contributed by atoms with Gasteiger partial charge < -0.3 is 18.5 Å². The maximum Gasteiger partial charge on any atom is 0.361 e. The van der Waals surface area contributed by atoms with Crippen LogP contribution in [-0.2, 0) is 22.7 Å². The minimum Gasteiger partial charge on any atom is -0.321 e. The Labute approximate surface area is 191 Å². The molecule has 0 bridgehead atoms. The highest BCUT2D eigenvalue weighted by molar-refractivity contribution is 7.62. The standard InChI is InChI=1S/C24H34O6P2/c1-2-3-4-5-6-13-18-24(19-28-31(25,26)22-14-9-7-10-15-22)20-29-32(27,30-21-24)23-16-11-8-12-17-23/h7-12,14-17H,2-6,13,18-21H2,1H3,(H,25,26). The maximum atomic E-state index is 13.2. The molecule has 0 amide bonds. The van der Waals surface area contributed by atoms with Crippen molar-refractivity contribution in [1.29, 1.82) is 0 Å². The maximum absolute atomic E-state index is 13.2. The van der Waals surface area contributed by atoms with Crippen LogP contribution in [0.25, 0.3) is 0 Å². The van der Waals surface area contributed by atoms with Gasteiger partial charge in [0.1, 0.15) is 0 Å². The molecule has 1 atom stereocenters. The topological polar surface area (TPSA) is 82.1 Å². The van der Waals surface area contributed by atoms with E-state index in [1.807, 2.05) is 6.07 Å². The van der Waals surface area contributed by atoms with E-state index in [0.29, 0.717) is 11.7 Å². The Hall–Kier alpha value is -1.26. The van der Waals surface area contributed by atoms with Gasteiger partial charge in [0.2, 0.25) is 0 Å². The van der Waals surface area contributed by atoms with Crippen LogP contribution in [0, 0.1) is 5.41 Å². The second kappa shape index (κ2) is 11.7. The van der Waals surface area contributed by atoms with Crippen molar-refractivity contribution in [2.45, 2.75) is 51.9 Å². The van der Waals surface area contributed by atoms with E-state index in [-0.39, 0.29) is 25.1 Å². The highest BCUT2D eigenvalue weighted by atomic mass is 31.2. The lowest BCUT2D eigenvalue weighted by molar-refractivity contribution is -0.0188. The highest BCUT2D eigenvalue weighted by Gasteiger charge is 2.44. The smallest absolute Gasteiger partial charge is 0.321 e. The van der Waals surface area contributed by atoms with Gasteiger partial charge in [0.15, 0.2) is 0 Å². The van der Waals surface area contributed by atoms with Crippen LogP contribution in [-0.4, -0.2) is 24.7 Å². The molecule has 1 aliphatic rings. The number of hydrogen-bond donors (Lipinski definition) is 1. The summed E-state index contributed by atoms with van der Waals surface area (Å²) in [6, 6.07) is 17.3. The zero-order valence-electron chi connectivity index (χ0n) is 18.7. The van der Waals surface area contributed by atoms with E-state index in [1.165, 1.54) is 19.3 Å². The quantitative estimate of drug-likeness (QED) is 0.305. The first-order valence-electron chi connectivity index (χ1n) is 11.4.